The van der Waals surface area contributed by atoms with Gasteiger partial charge < -0.3 is 0 Å². The fourth-order valence-corrected chi connectivity index (χ4v) is 3.85. The van der Waals surface area contributed by atoms with Crippen molar-refractivity contribution in [2.45, 2.75) is 57.5 Å². The lowest BCUT2D eigenvalue weighted by molar-refractivity contribution is 0.0924. The highest BCUT2D eigenvalue weighted by Crippen LogP contribution is 2.39. The van der Waals surface area contributed by atoms with Crippen LogP contribution in [0.4, 0.5) is 0 Å². The molecule has 2 rings (SSSR count). The van der Waals surface area contributed by atoms with Gasteiger partial charge in [-0.3, -0.25) is 9.17 Å². The summed E-state index contributed by atoms with van der Waals surface area (Å²) in [6.45, 7) is 6.72. The van der Waals surface area contributed by atoms with Crippen molar-refractivity contribution in [3.63, 3.8) is 0 Å². The Labute approximate surface area is 121 Å². The molecule has 0 N–H and O–H groups in total. The van der Waals surface area contributed by atoms with Crippen LogP contribution >= 0.6 is 0 Å². The van der Waals surface area contributed by atoms with E-state index in [4.69, 9.17) is 4.18 Å². The SMILES string of the molecule is CC(C)(C)C1CCC(OS(=O)(=O)c2cccnc2)CC1. The van der Waals surface area contributed by atoms with Gasteiger partial charge in [0.25, 0.3) is 10.1 Å². The summed E-state index contributed by atoms with van der Waals surface area (Å²) in [5.74, 6) is 0.642. The van der Waals surface area contributed by atoms with Gasteiger partial charge in [0.1, 0.15) is 4.90 Å². The van der Waals surface area contributed by atoms with Crippen molar-refractivity contribution in [1.29, 1.82) is 0 Å². The summed E-state index contributed by atoms with van der Waals surface area (Å²) >= 11 is 0. The fourth-order valence-electron chi connectivity index (χ4n) is 2.75. The molecule has 5 heteroatoms. The summed E-state index contributed by atoms with van der Waals surface area (Å²) in [6.07, 6.45) is 6.35. The van der Waals surface area contributed by atoms with Crippen LogP contribution in [-0.4, -0.2) is 19.5 Å². The van der Waals surface area contributed by atoms with E-state index in [1.54, 1.807) is 12.3 Å². The van der Waals surface area contributed by atoms with E-state index in [9.17, 15) is 8.42 Å². The number of pyridine rings is 1. The van der Waals surface area contributed by atoms with Gasteiger partial charge in [-0.15, -0.1) is 0 Å². The van der Waals surface area contributed by atoms with E-state index in [1.807, 2.05) is 0 Å². The van der Waals surface area contributed by atoms with Gasteiger partial charge in [-0.1, -0.05) is 20.8 Å². The number of hydrogen-bond acceptors (Lipinski definition) is 4. The summed E-state index contributed by atoms with van der Waals surface area (Å²) in [5, 5.41) is 0. The molecule has 112 valence electrons. The molecule has 4 nitrogen and oxygen atoms in total. The van der Waals surface area contributed by atoms with Gasteiger partial charge >= 0.3 is 0 Å². The molecule has 1 heterocycles. The minimum atomic E-state index is -3.68. The molecular weight excluding hydrogens is 274 g/mol. The number of hydrogen-bond donors (Lipinski definition) is 0. The average molecular weight is 297 g/mol. The Hall–Kier alpha value is -0.940. The molecule has 0 bridgehead atoms. The molecule has 1 aliphatic rings. The maximum atomic E-state index is 12.1. The fraction of sp³-hybridized carbons (Fsp3) is 0.667. The van der Waals surface area contributed by atoms with Crippen LogP contribution in [0, 0.1) is 11.3 Å². The Bertz CT molecular complexity index is 526. The van der Waals surface area contributed by atoms with Gasteiger partial charge in [-0.25, -0.2) is 0 Å². The Balaban J connectivity index is 1.96. The predicted molar refractivity (Wildman–Crippen MR) is 77.7 cm³/mol. The molecule has 0 amide bonds. The first-order valence-electron chi connectivity index (χ1n) is 7.12. The van der Waals surface area contributed by atoms with Gasteiger partial charge in [0.2, 0.25) is 0 Å². The van der Waals surface area contributed by atoms with Crippen LogP contribution in [0.1, 0.15) is 46.5 Å². The maximum absolute atomic E-state index is 12.1. The zero-order chi connectivity index (χ0) is 14.8. The highest BCUT2D eigenvalue weighted by Gasteiger charge is 2.32. The summed E-state index contributed by atoms with van der Waals surface area (Å²) in [6, 6.07) is 3.12. The highest BCUT2D eigenvalue weighted by atomic mass is 32.2. The molecule has 20 heavy (non-hydrogen) atoms. The van der Waals surface area contributed by atoms with Crippen LogP contribution in [0.3, 0.4) is 0 Å². The van der Waals surface area contributed by atoms with Crippen molar-refractivity contribution in [1.82, 2.24) is 4.98 Å². The Morgan fingerprint density at radius 2 is 1.85 bits per heavy atom. The molecular formula is C15H23NO3S. The van der Waals surface area contributed by atoms with Crippen LogP contribution in [0.15, 0.2) is 29.4 Å². The van der Waals surface area contributed by atoms with E-state index in [-0.39, 0.29) is 16.4 Å². The second kappa shape index (κ2) is 5.82. The number of nitrogens with zero attached hydrogens (tertiary/aromatic N) is 1. The van der Waals surface area contributed by atoms with Crippen molar-refractivity contribution in [3.8, 4) is 0 Å². The van der Waals surface area contributed by atoms with Crippen molar-refractivity contribution >= 4 is 10.1 Å². The van der Waals surface area contributed by atoms with Crippen molar-refractivity contribution in [2.75, 3.05) is 0 Å². The van der Waals surface area contributed by atoms with Gasteiger partial charge in [0, 0.05) is 12.4 Å². The van der Waals surface area contributed by atoms with E-state index in [2.05, 4.69) is 25.8 Å². The van der Waals surface area contributed by atoms with Crippen LogP contribution in [-0.2, 0) is 14.3 Å². The third-order valence-electron chi connectivity index (χ3n) is 4.08. The van der Waals surface area contributed by atoms with Gasteiger partial charge in [-0.05, 0) is 49.1 Å². The molecule has 0 saturated heterocycles. The molecule has 1 saturated carbocycles. The van der Waals surface area contributed by atoms with E-state index in [0.717, 1.165) is 25.7 Å². The highest BCUT2D eigenvalue weighted by molar-refractivity contribution is 7.86. The molecule has 0 aromatic carbocycles. The Morgan fingerprint density at radius 3 is 2.35 bits per heavy atom. The quantitative estimate of drug-likeness (QED) is 0.802. The second-order valence-electron chi connectivity index (χ2n) is 6.58. The standard InChI is InChI=1S/C15H23NO3S/c1-15(2,3)12-6-8-13(9-7-12)19-20(17,18)14-5-4-10-16-11-14/h4-5,10-13H,6-9H2,1-3H3. The lowest BCUT2D eigenvalue weighted by Gasteiger charge is -2.36. The normalized spacial score (nSPS) is 24.6. The third kappa shape index (κ3) is 3.79. The van der Waals surface area contributed by atoms with Crippen molar-refractivity contribution < 1.29 is 12.6 Å². The molecule has 1 fully saturated rings. The maximum Gasteiger partial charge on any atom is 0.298 e. The first-order valence-corrected chi connectivity index (χ1v) is 8.53. The summed E-state index contributed by atoms with van der Waals surface area (Å²) in [4.78, 5) is 3.97. The first kappa shape index (κ1) is 15.4. The topological polar surface area (TPSA) is 56.3 Å². The van der Waals surface area contributed by atoms with Crippen LogP contribution in [0.5, 0.6) is 0 Å². The zero-order valence-electron chi connectivity index (χ0n) is 12.4. The van der Waals surface area contributed by atoms with Crippen LogP contribution < -0.4 is 0 Å². The lowest BCUT2D eigenvalue weighted by atomic mass is 9.72. The summed E-state index contributed by atoms with van der Waals surface area (Å²) in [7, 11) is -3.68. The van der Waals surface area contributed by atoms with Crippen LogP contribution in [0.2, 0.25) is 0 Å². The number of rotatable bonds is 3. The third-order valence-corrected chi connectivity index (χ3v) is 5.43. The predicted octanol–water partition coefficient (Wildman–Crippen LogP) is 3.39. The van der Waals surface area contributed by atoms with E-state index >= 15 is 0 Å². The average Bonchev–Trinajstić information content (AvgIpc) is 2.39. The molecule has 0 atom stereocenters. The largest absolute Gasteiger partial charge is 0.298 e. The van der Waals surface area contributed by atoms with Gasteiger partial charge in [-0.2, -0.15) is 8.42 Å². The molecule has 1 aromatic rings. The van der Waals surface area contributed by atoms with E-state index in [1.165, 1.54) is 12.3 Å². The monoisotopic (exact) mass is 297 g/mol. The lowest BCUT2D eigenvalue weighted by Crippen LogP contribution is -2.30. The molecule has 0 aliphatic heterocycles. The minimum Gasteiger partial charge on any atom is -0.263 e. The molecule has 0 unspecified atom stereocenters. The van der Waals surface area contributed by atoms with Gasteiger partial charge in [0.05, 0.1) is 6.10 Å². The Kier molecular flexibility index (Phi) is 4.49. The van der Waals surface area contributed by atoms with Crippen molar-refractivity contribution in [2.24, 2.45) is 11.3 Å². The van der Waals surface area contributed by atoms with E-state index in [0.29, 0.717) is 5.92 Å². The van der Waals surface area contributed by atoms with Crippen LogP contribution in [0.25, 0.3) is 0 Å². The van der Waals surface area contributed by atoms with Crippen molar-refractivity contribution in [3.05, 3.63) is 24.5 Å². The number of aromatic nitrogens is 1. The summed E-state index contributed by atoms with van der Waals surface area (Å²) < 4.78 is 29.6. The molecule has 1 aliphatic carbocycles. The second-order valence-corrected chi connectivity index (χ2v) is 8.15. The molecule has 0 spiro atoms. The zero-order valence-corrected chi connectivity index (χ0v) is 13.2. The minimum absolute atomic E-state index is 0.137. The van der Waals surface area contributed by atoms with E-state index < -0.39 is 10.1 Å². The molecule has 0 radical (unpaired) electrons. The Morgan fingerprint density at radius 1 is 1.20 bits per heavy atom. The first-order chi connectivity index (χ1) is 9.29. The molecule has 1 aromatic heterocycles. The smallest absolute Gasteiger partial charge is 0.263 e. The summed E-state index contributed by atoms with van der Waals surface area (Å²) in [5.41, 5.74) is 0.285. The van der Waals surface area contributed by atoms with Gasteiger partial charge in [0.15, 0.2) is 0 Å².